The van der Waals surface area contributed by atoms with Crippen LogP contribution in [0, 0.1) is 0 Å². The average molecular weight is 250 g/mol. The predicted molar refractivity (Wildman–Crippen MR) is 71.2 cm³/mol. The Morgan fingerprint density at radius 3 is 2.72 bits per heavy atom. The second-order valence-electron chi connectivity index (χ2n) is 5.02. The monoisotopic (exact) mass is 250 g/mol. The third kappa shape index (κ3) is 3.29. The third-order valence-corrected chi connectivity index (χ3v) is 3.60. The van der Waals surface area contributed by atoms with Gasteiger partial charge in [-0.3, -0.25) is 4.90 Å². The zero-order chi connectivity index (χ0) is 13.0. The molecule has 1 aromatic carbocycles. The molecule has 3 unspecified atom stereocenters. The molecule has 0 aromatic heterocycles. The van der Waals surface area contributed by atoms with E-state index in [0.29, 0.717) is 13.0 Å². The van der Waals surface area contributed by atoms with Crippen LogP contribution in [0.2, 0.25) is 0 Å². The van der Waals surface area contributed by atoms with Crippen LogP contribution in [0.3, 0.4) is 0 Å². The van der Waals surface area contributed by atoms with Crippen LogP contribution in [0.1, 0.15) is 12.0 Å². The Kier molecular flexibility index (Phi) is 4.72. The van der Waals surface area contributed by atoms with E-state index in [0.717, 1.165) is 13.1 Å². The molecular formula is C14H22N2O2. The van der Waals surface area contributed by atoms with E-state index in [9.17, 15) is 10.2 Å². The van der Waals surface area contributed by atoms with Crippen LogP contribution in [-0.4, -0.2) is 53.5 Å². The number of nitrogens with one attached hydrogen (secondary N) is 1. The molecular weight excluding hydrogens is 228 g/mol. The summed E-state index contributed by atoms with van der Waals surface area (Å²) >= 11 is 0. The minimum absolute atomic E-state index is 0.0530. The van der Waals surface area contributed by atoms with Crippen molar-refractivity contribution < 1.29 is 10.2 Å². The summed E-state index contributed by atoms with van der Waals surface area (Å²) in [6.07, 6.45) is -0.714. The molecule has 18 heavy (non-hydrogen) atoms. The molecule has 1 heterocycles. The summed E-state index contributed by atoms with van der Waals surface area (Å²) < 4.78 is 0. The fraction of sp³-hybridized carbons (Fsp3) is 0.571. The Bertz CT molecular complexity index is 358. The molecule has 0 radical (unpaired) electrons. The highest BCUT2D eigenvalue weighted by Gasteiger charge is 2.31. The first-order chi connectivity index (χ1) is 8.68. The molecule has 3 N–H and O–H groups in total. The highest BCUT2D eigenvalue weighted by molar-refractivity contribution is 5.14. The molecule has 2 rings (SSSR count). The molecule has 0 amide bonds. The SMILES string of the molecule is CN(Cc1ccccc1)C1CNCCC(O)C1O. The zero-order valence-corrected chi connectivity index (χ0v) is 10.8. The van der Waals surface area contributed by atoms with E-state index in [1.54, 1.807) is 0 Å². The lowest BCUT2D eigenvalue weighted by atomic mass is 10.0. The summed E-state index contributed by atoms with van der Waals surface area (Å²) in [5, 5.41) is 23.2. The second-order valence-corrected chi connectivity index (χ2v) is 5.02. The Balaban J connectivity index is 2.00. The van der Waals surface area contributed by atoms with Crippen LogP contribution < -0.4 is 5.32 Å². The van der Waals surface area contributed by atoms with Gasteiger partial charge in [0.1, 0.15) is 0 Å². The largest absolute Gasteiger partial charge is 0.390 e. The van der Waals surface area contributed by atoms with E-state index in [4.69, 9.17) is 0 Å². The quantitative estimate of drug-likeness (QED) is 0.717. The van der Waals surface area contributed by atoms with E-state index in [1.165, 1.54) is 5.56 Å². The van der Waals surface area contributed by atoms with Gasteiger partial charge in [-0.25, -0.2) is 0 Å². The maximum absolute atomic E-state index is 10.1. The molecule has 1 aliphatic heterocycles. The average Bonchev–Trinajstić information content (AvgIpc) is 2.54. The van der Waals surface area contributed by atoms with Crippen molar-refractivity contribution >= 4 is 0 Å². The van der Waals surface area contributed by atoms with Crippen molar-refractivity contribution in [2.24, 2.45) is 0 Å². The van der Waals surface area contributed by atoms with Crippen LogP contribution in [0.4, 0.5) is 0 Å². The minimum Gasteiger partial charge on any atom is -0.390 e. The van der Waals surface area contributed by atoms with Crippen molar-refractivity contribution in [3.05, 3.63) is 35.9 Å². The molecule has 3 atom stereocenters. The summed E-state index contributed by atoms with van der Waals surface area (Å²) in [6.45, 7) is 2.24. The van der Waals surface area contributed by atoms with Gasteiger partial charge in [-0.05, 0) is 25.6 Å². The number of likely N-dealkylation sites (N-methyl/N-ethyl adjacent to an activating group) is 1. The van der Waals surface area contributed by atoms with Gasteiger partial charge in [-0.15, -0.1) is 0 Å². The van der Waals surface area contributed by atoms with Gasteiger partial charge in [-0.1, -0.05) is 30.3 Å². The second kappa shape index (κ2) is 6.29. The van der Waals surface area contributed by atoms with E-state index in [-0.39, 0.29) is 6.04 Å². The summed E-state index contributed by atoms with van der Waals surface area (Å²) in [6, 6.07) is 10.1. The molecule has 1 aromatic rings. The van der Waals surface area contributed by atoms with Crippen LogP contribution in [0.5, 0.6) is 0 Å². The summed E-state index contributed by atoms with van der Waals surface area (Å²) in [5.41, 5.74) is 1.21. The molecule has 4 nitrogen and oxygen atoms in total. The van der Waals surface area contributed by atoms with Gasteiger partial charge in [0, 0.05) is 13.1 Å². The van der Waals surface area contributed by atoms with E-state index >= 15 is 0 Å². The molecule has 4 heteroatoms. The van der Waals surface area contributed by atoms with Crippen molar-refractivity contribution in [3.63, 3.8) is 0 Å². The summed E-state index contributed by atoms with van der Waals surface area (Å²) in [4.78, 5) is 2.10. The fourth-order valence-corrected chi connectivity index (χ4v) is 2.45. The standard InChI is InChI=1S/C14H22N2O2/c1-16(10-11-5-3-2-4-6-11)12-9-15-8-7-13(17)14(12)18/h2-6,12-15,17-18H,7-10H2,1H3. The molecule has 0 bridgehead atoms. The minimum atomic E-state index is -0.686. The number of hydrogen-bond acceptors (Lipinski definition) is 4. The number of hydrogen-bond donors (Lipinski definition) is 3. The highest BCUT2D eigenvalue weighted by atomic mass is 16.3. The van der Waals surface area contributed by atoms with Gasteiger partial charge < -0.3 is 15.5 Å². The van der Waals surface area contributed by atoms with Gasteiger partial charge in [0.2, 0.25) is 0 Å². The Morgan fingerprint density at radius 1 is 1.28 bits per heavy atom. The van der Waals surface area contributed by atoms with Gasteiger partial charge in [0.25, 0.3) is 0 Å². The number of aliphatic hydroxyl groups is 2. The first-order valence-corrected chi connectivity index (χ1v) is 6.49. The van der Waals surface area contributed by atoms with Crippen LogP contribution in [-0.2, 0) is 6.54 Å². The maximum Gasteiger partial charge on any atom is 0.0966 e. The lowest BCUT2D eigenvalue weighted by Crippen LogP contribution is -2.49. The van der Waals surface area contributed by atoms with Crippen molar-refractivity contribution in [1.82, 2.24) is 10.2 Å². The number of benzene rings is 1. The molecule has 1 saturated heterocycles. The summed E-state index contributed by atoms with van der Waals surface area (Å²) in [7, 11) is 1.99. The normalized spacial score (nSPS) is 29.2. The lowest BCUT2D eigenvalue weighted by molar-refractivity contribution is -0.0276. The van der Waals surface area contributed by atoms with Crippen LogP contribution in [0.25, 0.3) is 0 Å². The number of nitrogens with zero attached hydrogens (tertiary/aromatic N) is 1. The lowest BCUT2D eigenvalue weighted by Gasteiger charge is -2.32. The highest BCUT2D eigenvalue weighted by Crippen LogP contribution is 2.14. The first-order valence-electron chi connectivity index (χ1n) is 6.49. The maximum atomic E-state index is 10.1. The van der Waals surface area contributed by atoms with Crippen molar-refractivity contribution in [3.8, 4) is 0 Å². The number of rotatable bonds is 3. The fourth-order valence-electron chi connectivity index (χ4n) is 2.45. The predicted octanol–water partition coefficient (Wildman–Crippen LogP) is 0.202. The van der Waals surface area contributed by atoms with Gasteiger partial charge in [0.05, 0.1) is 18.2 Å². The Hall–Kier alpha value is -0.940. The molecule has 1 aliphatic rings. The smallest absolute Gasteiger partial charge is 0.0966 e. The molecule has 0 spiro atoms. The zero-order valence-electron chi connectivity index (χ0n) is 10.8. The molecule has 0 saturated carbocycles. The van der Waals surface area contributed by atoms with Crippen molar-refractivity contribution in [2.45, 2.75) is 31.2 Å². The van der Waals surface area contributed by atoms with Gasteiger partial charge in [0.15, 0.2) is 0 Å². The topological polar surface area (TPSA) is 55.7 Å². The van der Waals surface area contributed by atoms with Gasteiger partial charge in [-0.2, -0.15) is 0 Å². The number of aliphatic hydroxyl groups excluding tert-OH is 2. The third-order valence-electron chi connectivity index (χ3n) is 3.60. The van der Waals surface area contributed by atoms with Crippen LogP contribution in [0.15, 0.2) is 30.3 Å². The van der Waals surface area contributed by atoms with E-state index in [2.05, 4.69) is 22.3 Å². The van der Waals surface area contributed by atoms with Crippen LogP contribution >= 0.6 is 0 Å². The van der Waals surface area contributed by atoms with E-state index in [1.807, 2.05) is 25.2 Å². The van der Waals surface area contributed by atoms with Crippen molar-refractivity contribution in [2.75, 3.05) is 20.1 Å². The summed E-state index contributed by atoms with van der Waals surface area (Å²) in [5.74, 6) is 0. The van der Waals surface area contributed by atoms with Gasteiger partial charge >= 0.3 is 0 Å². The molecule has 100 valence electrons. The molecule has 1 fully saturated rings. The Morgan fingerprint density at radius 2 is 2.00 bits per heavy atom. The Labute approximate surface area is 108 Å². The van der Waals surface area contributed by atoms with Crippen molar-refractivity contribution in [1.29, 1.82) is 0 Å². The van der Waals surface area contributed by atoms with E-state index < -0.39 is 12.2 Å². The first kappa shape index (κ1) is 13.5. The molecule has 0 aliphatic carbocycles.